The normalized spacial score (nSPS) is 32.1. The summed E-state index contributed by atoms with van der Waals surface area (Å²) in [6.07, 6.45) is 8.91. The molecule has 0 amide bonds. The fourth-order valence-electron chi connectivity index (χ4n) is 5.51. The molecule has 2 N–H and O–H groups in total. The van der Waals surface area contributed by atoms with E-state index in [-0.39, 0.29) is 12.2 Å². The summed E-state index contributed by atoms with van der Waals surface area (Å²) in [4.78, 5) is 13.2. The fraction of sp³-hybridized carbons (Fsp3) is 0.542. The molecule has 160 valence electrons. The highest BCUT2D eigenvalue weighted by atomic mass is 16.5. The molecule has 1 aromatic carbocycles. The quantitative estimate of drug-likeness (QED) is 0.809. The summed E-state index contributed by atoms with van der Waals surface area (Å²) < 4.78 is 11.7. The molecular formula is C24H32N4O2. The number of ether oxygens (including phenoxy) is 2. The number of benzene rings is 1. The van der Waals surface area contributed by atoms with Crippen molar-refractivity contribution in [3.8, 4) is 11.1 Å². The van der Waals surface area contributed by atoms with Crippen molar-refractivity contribution in [2.75, 3.05) is 6.61 Å². The molecule has 0 radical (unpaired) electrons. The first-order valence-electron chi connectivity index (χ1n) is 11.1. The van der Waals surface area contributed by atoms with E-state index in [0.717, 1.165) is 30.4 Å². The molecule has 5 atom stereocenters. The minimum Gasteiger partial charge on any atom is -0.462 e. The van der Waals surface area contributed by atoms with Crippen LogP contribution in [-0.2, 0) is 21.4 Å². The number of hydrogen-bond acceptors (Lipinski definition) is 6. The van der Waals surface area contributed by atoms with E-state index in [1.54, 1.807) is 6.33 Å². The number of amidine groups is 1. The molecule has 2 aliphatic heterocycles. The van der Waals surface area contributed by atoms with Crippen LogP contribution >= 0.6 is 0 Å². The second-order valence-electron chi connectivity index (χ2n) is 8.46. The van der Waals surface area contributed by atoms with Gasteiger partial charge in [0.15, 0.2) is 0 Å². The van der Waals surface area contributed by atoms with E-state index in [9.17, 15) is 0 Å². The summed E-state index contributed by atoms with van der Waals surface area (Å²) in [6.45, 7) is 8.87. The van der Waals surface area contributed by atoms with Crippen molar-refractivity contribution < 1.29 is 9.47 Å². The average molecular weight is 409 g/mol. The average Bonchev–Trinajstić information content (AvgIpc) is 3.30. The van der Waals surface area contributed by atoms with Crippen LogP contribution in [0, 0.1) is 11.8 Å². The SMILES string of the molecule is CC.C[C@@H]1CC(C2Cc3ccc(-c4cncnc4)cc3C23COC(N)=N3)C[C@H](C)O1. The van der Waals surface area contributed by atoms with E-state index in [4.69, 9.17) is 20.2 Å². The molecule has 1 aromatic heterocycles. The third-order valence-corrected chi connectivity index (χ3v) is 6.58. The first-order chi connectivity index (χ1) is 14.5. The molecule has 1 fully saturated rings. The zero-order chi connectivity index (χ0) is 21.3. The van der Waals surface area contributed by atoms with Gasteiger partial charge in [-0.25, -0.2) is 15.0 Å². The number of aliphatic imine (C=N–C) groups is 1. The third kappa shape index (κ3) is 3.58. The predicted molar refractivity (Wildman–Crippen MR) is 118 cm³/mol. The smallest absolute Gasteiger partial charge is 0.283 e. The molecule has 30 heavy (non-hydrogen) atoms. The molecule has 1 saturated heterocycles. The first-order valence-corrected chi connectivity index (χ1v) is 11.1. The van der Waals surface area contributed by atoms with Crippen molar-refractivity contribution in [3.63, 3.8) is 0 Å². The van der Waals surface area contributed by atoms with Crippen molar-refractivity contribution >= 4 is 6.02 Å². The van der Waals surface area contributed by atoms with Crippen LogP contribution in [-0.4, -0.2) is 34.8 Å². The van der Waals surface area contributed by atoms with Crippen LogP contribution in [0.4, 0.5) is 0 Å². The summed E-state index contributed by atoms with van der Waals surface area (Å²) in [5.41, 5.74) is 10.3. The Morgan fingerprint density at radius 2 is 1.73 bits per heavy atom. The Morgan fingerprint density at radius 1 is 1.03 bits per heavy atom. The van der Waals surface area contributed by atoms with Gasteiger partial charge >= 0.3 is 0 Å². The van der Waals surface area contributed by atoms with Gasteiger partial charge in [0.25, 0.3) is 6.02 Å². The lowest BCUT2D eigenvalue weighted by atomic mass is 9.72. The minimum absolute atomic E-state index is 0.273. The van der Waals surface area contributed by atoms with E-state index in [0.29, 0.717) is 24.5 Å². The van der Waals surface area contributed by atoms with Crippen molar-refractivity contribution in [2.24, 2.45) is 22.6 Å². The van der Waals surface area contributed by atoms with Crippen molar-refractivity contribution in [1.82, 2.24) is 9.97 Å². The molecule has 3 heterocycles. The van der Waals surface area contributed by atoms with Crippen LogP contribution in [0.2, 0.25) is 0 Å². The number of fused-ring (bicyclic) bond motifs is 2. The van der Waals surface area contributed by atoms with Gasteiger partial charge in [0, 0.05) is 18.0 Å². The van der Waals surface area contributed by atoms with Gasteiger partial charge in [-0.15, -0.1) is 0 Å². The van der Waals surface area contributed by atoms with Gasteiger partial charge in [0.1, 0.15) is 18.5 Å². The molecule has 1 aliphatic carbocycles. The van der Waals surface area contributed by atoms with Gasteiger partial charge in [-0.2, -0.15) is 0 Å². The van der Waals surface area contributed by atoms with E-state index < -0.39 is 5.54 Å². The lowest BCUT2D eigenvalue weighted by Crippen LogP contribution is -2.41. The maximum Gasteiger partial charge on any atom is 0.283 e. The lowest BCUT2D eigenvalue weighted by molar-refractivity contribution is -0.0707. The Morgan fingerprint density at radius 3 is 2.37 bits per heavy atom. The highest BCUT2D eigenvalue weighted by Crippen LogP contribution is 2.53. The molecule has 1 spiro atoms. The highest BCUT2D eigenvalue weighted by molar-refractivity contribution is 5.75. The summed E-state index contributed by atoms with van der Waals surface area (Å²) in [5.74, 6) is 0.910. The molecule has 6 nitrogen and oxygen atoms in total. The van der Waals surface area contributed by atoms with Crippen molar-refractivity contribution in [1.29, 1.82) is 0 Å². The van der Waals surface area contributed by atoms with E-state index in [1.807, 2.05) is 26.2 Å². The topological polar surface area (TPSA) is 82.6 Å². The summed E-state index contributed by atoms with van der Waals surface area (Å²) >= 11 is 0. The van der Waals surface area contributed by atoms with Crippen molar-refractivity contribution in [3.05, 3.63) is 48.0 Å². The monoisotopic (exact) mass is 408 g/mol. The highest BCUT2D eigenvalue weighted by Gasteiger charge is 2.54. The first kappa shape index (κ1) is 20.8. The maximum atomic E-state index is 6.02. The van der Waals surface area contributed by atoms with Crippen LogP contribution in [0.1, 0.15) is 51.7 Å². The van der Waals surface area contributed by atoms with Gasteiger partial charge in [-0.3, -0.25) is 0 Å². The summed E-state index contributed by atoms with van der Waals surface area (Å²) in [6, 6.07) is 6.94. The minimum atomic E-state index is -0.396. The van der Waals surface area contributed by atoms with Crippen LogP contribution in [0.15, 0.2) is 41.9 Å². The largest absolute Gasteiger partial charge is 0.462 e. The standard InChI is InChI=1S/C22H26N4O2.C2H6/c1-13-5-17(6-14(2)28-13)20-8-16-4-3-15(18-9-24-12-25-10-18)7-19(16)22(20)11-27-21(23)26-22;1-2/h3-4,7,9-10,12-14,17,20H,5-6,8,11H2,1-2H3,(H2,23,26);1-2H3/t13-,14+,17?,20?,22?;. The van der Waals surface area contributed by atoms with Gasteiger partial charge in [0.2, 0.25) is 0 Å². The van der Waals surface area contributed by atoms with E-state index in [2.05, 4.69) is 42.0 Å². The Kier molecular flexibility index (Phi) is 5.78. The van der Waals surface area contributed by atoms with Gasteiger partial charge in [-0.05, 0) is 67.7 Å². The van der Waals surface area contributed by atoms with Crippen molar-refractivity contribution in [2.45, 2.75) is 64.7 Å². The molecule has 3 aliphatic rings. The maximum absolute atomic E-state index is 6.02. The van der Waals surface area contributed by atoms with Gasteiger partial charge < -0.3 is 15.2 Å². The summed E-state index contributed by atoms with van der Waals surface area (Å²) in [7, 11) is 0. The zero-order valence-corrected chi connectivity index (χ0v) is 18.3. The van der Waals surface area contributed by atoms with Crippen LogP contribution < -0.4 is 5.73 Å². The van der Waals surface area contributed by atoms with Gasteiger partial charge in [0.05, 0.1) is 12.2 Å². The second kappa shape index (κ2) is 8.34. The Hall–Kier alpha value is -2.47. The van der Waals surface area contributed by atoms with Crippen LogP contribution in [0.3, 0.4) is 0 Å². The summed E-state index contributed by atoms with van der Waals surface area (Å²) in [5, 5.41) is 0. The number of hydrogen-bond donors (Lipinski definition) is 1. The van der Waals surface area contributed by atoms with E-state index in [1.165, 1.54) is 11.1 Å². The van der Waals surface area contributed by atoms with Crippen LogP contribution in [0.5, 0.6) is 0 Å². The molecule has 3 unspecified atom stereocenters. The number of nitrogens with zero attached hydrogens (tertiary/aromatic N) is 3. The Bertz CT molecular complexity index is 907. The van der Waals surface area contributed by atoms with Gasteiger partial charge in [-0.1, -0.05) is 26.0 Å². The molecule has 5 rings (SSSR count). The number of nitrogens with two attached hydrogens (primary N) is 1. The van der Waals surface area contributed by atoms with Crippen LogP contribution in [0.25, 0.3) is 11.1 Å². The predicted octanol–water partition coefficient (Wildman–Crippen LogP) is 4.09. The molecular weight excluding hydrogens is 376 g/mol. The number of rotatable bonds is 2. The molecule has 0 bridgehead atoms. The zero-order valence-electron chi connectivity index (χ0n) is 18.3. The van der Waals surface area contributed by atoms with E-state index >= 15 is 0 Å². The second-order valence-corrected chi connectivity index (χ2v) is 8.46. The fourth-order valence-corrected chi connectivity index (χ4v) is 5.51. The molecule has 6 heteroatoms. The Balaban J connectivity index is 0.00000106. The number of aromatic nitrogens is 2. The third-order valence-electron chi connectivity index (χ3n) is 6.58. The Labute approximate surface area is 178 Å². The lowest BCUT2D eigenvalue weighted by Gasteiger charge is -2.40. The molecule has 2 aromatic rings. The molecule has 0 saturated carbocycles.